The molecule has 1 aliphatic rings. The van der Waals surface area contributed by atoms with Crippen molar-refractivity contribution in [3.8, 4) is 0 Å². The van der Waals surface area contributed by atoms with E-state index >= 15 is 0 Å². The molecule has 1 aromatic heterocycles. The molecule has 2 unspecified atom stereocenters. The Hall–Kier alpha value is -0.680. The third kappa shape index (κ3) is 2.92. The van der Waals surface area contributed by atoms with Crippen LogP contribution in [0, 0.1) is 0 Å². The van der Waals surface area contributed by atoms with Gasteiger partial charge in [0, 0.05) is 10.9 Å². The van der Waals surface area contributed by atoms with Gasteiger partial charge < -0.3 is 10.5 Å². The van der Waals surface area contributed by atoms with Crippen LogP contribution in [-0.2, 0) is 11.2 Å². The van der Waals surface area contributed by atoms with Crippen molar-refractivity contribution in [2.45, 2.75) is 25.0 Å². The summed E-state index contributed by atoms with van der Waals surface area (Å²) in [6, 6.07) is 12.7. The number of rotatable bonds is 3. The molecule has 1 aromatic carbocycles. The lowest BCUT2D eigenvalue weighted by Gasteiger charge is -2.27. The minimum Gasteiger partial charge on any atom is -0.373 e. The van der Waals surface area contributed by atoms with E-state index in [1.165, 1.54) is 16.0 Å². The van der Waals surface area contributed by atoms with Crippen LogP contribution in [0.1, 0.15) is 34.6 Å². The maximum atomic E-state index is 6.31. The van der Waals surface area contributed by atoms with Crippen molar-refractivity contribution < 1.29 is 4.74 Å². The van der Waals surface area contributed by atoms with Crippen molar-refractivity contribution in [2.24, 2.45) is 5.73 Å². The molecule has 0 saturated carbocycles. The Kier molecular flexibility index (Phi) is 4.03. The first-order valence-corrected chi connectivity index (χ1v) is 8.05. The SMILES string of the molecule is NC(CC1OCCc2ccccc21)c1ccc(Br)s1. The van der Waals surface area contributed by atoms with Gasteiger partial charge in [-0.1, -0.05) is 24.3 Å². The van der Waals surface area contributed by atoms with Crippen LogP contribution in [0.25, 0.3) is 0 Å². The Labute approximate surface area is 125 Å². The summed E-state index contributed by atoms with van der Waals surface area (Å²) in [6.07, 6.45) is 1.97. The van der Waals surface area contributed by atoms with Gasteiger partial charge in [0.05, 0.1) is 16.5 Å². The molecule has 3 rings (SSSR count). The molecule has 2 N–H and O–H groups in total. The molecule has 19 heavy (non-hydrogen) atoms. The van der Waals surface area contributed by atoms with Gasteiger partial charge >= 0.3 is 0 Å². The molecule has 0 fully saturated rings. The molecule has 0 spiro atoms. The fourth-order valence-corrected chi connectivity index (χ4v) is 3.98. The van der Waals surface area contributed by atoms with E-state index in [2.05, 4.69) is 52.3 Å². The van der Waals surface area contributed by atoms with Gasteiger partial charge in [-0.25, -0.2) is 0 Å². The number of benzene rings is 1. The molecule has 0 saturated heterocycles. The molecule has 4 heteroatoms. The molecule has 0 aliphatic carbocycles. The average Bonchev–Trinajstić information content (AvgIpc) is 2.86. The van der Waals surface area contributed by atoms with Crippen LogP contribution in [0.15, 0.2) is 40.2 Å². The van der Waals surface area contributed by atoms with Gasteiger partial charge in [0.15, 0.2) is 0 Å². The van der Waals surface area contributed by atoms with Crippen molar-refractivity contribution in [2.75, 3.05) is 6.61 Å². The Morgan fingerprint density at radius 1 is 1.32 bits per heavy atom. The average molecular weight is 338 g/mol. The van der Waals surface area contributed by atoms with Crippen molar-refractivity contribution >= 4 is 27.3 Å². The van der Waals surface area contributed by atoms with E-state index in [4.69, 9.17) is 10.5 Å². The van der Waals surface area contributed by atoms with Gasteiger partial charge in [-0.2, -0.15) is 0 Å². The third-order valence-corrected chi connectivity index (χ3v) is 5.28. The minimum absolute atomic E-state index is 0.0347. The molecule has 2 aromatic rings. The van der Waals surface area contributed by atoms with Crippen LogP contribution < -0.4 is 5.73 Å². The largest absolute Gasteiger partial charge is 0.373 e. The first-order chi connectivity index (χ1) is 9.24. The van der Waals surface area contributed by atoms with Gasteiger partial charge in [0.2, 0.25) is 0 Å². The Bertz CT molecular complexity index is 569. The summed E-state index contributed by atoms with van der Waals surface area (Å²) in [5, 5.41) is 0. The summed E-state index contributed by atoms with van der Waals surface area (Å²) in [5.74, 6) is 0. The Morgan fingerprint density at radius 2 is 2.16 bits per heavy atom. The highest BCUT2D eigenvalue weighted by atomic mass is 79.9. The van der Waals surface area contributed by atoms with E-state index in [-0.39, 0.29) is 12.1 Å². The number of hydrogen-bond donors (Lipinski definition) is 1. The molecule has 2 nitrogen and oxygen atoms in total. The number of nitrogens with two attached hydrogens (primary N) is 1. The topological polar surface area (TPSA) is 35.2 Å². The van der Waals surface area contributed by atoms with Crippen LogP contribution >= 0.6 is 27.3 Å². The van der Waals surface area contributed by atoms with Gasteiger partial charge in [-0.3, -0.25) is 0 Å². The lowest BCUT2D eigenvalue weighted by Crippen LogP contribution is -2.21. The van der Waals surface area contributed by atoms with E-state index in [1.54, 1.807) is 11.3 Å². The normalized spacial score (nSPS) is 20.0. The number of halogens is 1. The first-order valence-electron chi connectivity index (χ1n) is 6.44. The summed E-state index contributed by atoms with van der Waals surface area (Å²) >= 11 is 5.18. The fourth-order valence-electron chi connectivity index (χ4n) is 2.55. The highest BCUT2D eigenvalue weighted by molar-refractivity contribution is 9.11. The second-order valence-corrected chi connectivity index (χ2v) is 7.29. The van der Waals surface area contributed by atoms with Crippen LogP contribution in [0.4, 0.5) is 0 Å². The zero-order valence-electron chi connectivity index (χ0n) is 10.5. The van der Waals surface area contributed by atoms with Gasteiger partial charge in [-0.15, -0.1) is 11.3 Å². The van der Waals surface area contributed by atoms with Crippen LogP contribution in [0.2, 0.25) is 0 Å². The lowest BCUT2D eigenvalue weighted by molar-refractivity contribution is 0.0322. The molecule has 0 amide bonds. The highest BCUT2D eigenvalue weighted by Crippen LogP contribution is 2.35. The van der Waals surface area contributed by atoms with Crippen LogP contribution in [-0.4, -0.2) is 6.61 Å². The molecule has 100 valence electrons. The number of hydrogen-bond acceptors (Lipinski definition) is 3. The summed E-state index contributed by atoms with van der Waals surface area (Å²) < 4.78 is 7.04. The summed E-state index contributed by atoms with van der Waals surface area (Å²) in [6.45, 7) is 0.794. The van der Waals surface area contributed by atoms with E-state index in [0.29, 0.717) is 0 Å². The molecule has 0 bridgehead atoms. The van der Waals surface area contributed by atoms with Gasteiger partial charge in [0.1, 0.15) is 0 Å². The van der Waals surface area contributed by atoms with Gasteiger partial charge in [-0.05, 0) is 52.0 Å². The van der Waals surface area contributed by atoms with E-state index in [0.717, 1.165) is 23.2 Å². The standard InChI is InChI=1S/C15H16BrNOS/c16-15-6-5-14(19-15)12(17)9-13-11-4-2-1-3-10(11)7-8-18-13/h1-6,12-13H,7-9,17H2. The van der Waals surface area contributed by atoms with Crippen molar-refractivity contribution in [3.05, 3.63) is 56.2 Å². The summed E-state index contributed by atoms with van der Waals surface area (Å²) in [7, 11) is 0. The molecular formula is C15H16BrNOS. The zero-order chi connectivity index (χ0) is 13.2. The molecule has 1 aliphatic heterocycles. The number of fused-ring (bicyclic) bond motifs is 1. The van der Waals surface area contributed by atoms with Crippen LogP contribution in [0.5, 0.6) is 0 Å². The van der Waals surface area contributed by atoms with Crippen molar-refractivity contribution in [1.29, 1.82) is 0 Å². The highest BCUT2D eigenvalue weighted by Gasteiger charge is 2.23. The maximum Gasteiger partial charge on any atom is 0.0846 e. The van der Waals surface area contributed by atoms with Crippen molar-refractivity contribution in [3.63, 3.8) is 0 Å². The fraction of sp³-hybridized carbons (Fsp3) is 0.333. The predicted octanol–water partition coefficient (Wildman–Crippen LogP) is 4.21. The molecule has 2 heterocycles. The van der Waals surface area contributed by atoms with Gasteiger partial charge in [0.25, 0.3) is 0 Å². The second kappa shape index (κ2) is 5.75. The van der Waals surface area contributed by atoms with Crippen molar-refractivity contribution in [1.82, 2.24) is 0 Å². The minimum atomic E-state index is 0.0347. The van der Waals surface area contributed by atoms with E-state index in [1.807, 2.05) is 0 Å². The lowest BCUT2D eigenvalue weighted by atomic mass is 9.93. The molecule has 2 atom stereocenters. The molecule has 0 radical (unpaired) electrons. The maximum absolute atomic E-state index is 6.31. The monoisotopic (exact) mass is 337 g/mol. The zero-order valence-corrected chi connectivity index (χ0v) is 12.9. The Balaban J connectivity index is 1.77. The van der Waals surface area contributed by atoms with Crippen LogP contribution in [0.3, 0.4) is 0 Å². The second-order valence-electron chi connectivity index (χ2n) is 4.79. The Morgan fingerprint density at radius 3 is 2.95 bits per heavy atom. The smallest absolute Gasteiger partial charge is 0.0846 e. The van der Waals surface area contributed by atoms with E-state index < -0.39 is 0 Å². The van der Waals surface area contributed by atoms with E-state index in [9.17, 15) is 0 Å². The first kappa shape index (κ1) is 13.3. The number of ether oxygens (including phenoxy) is 1. The predicted molar refractivity (Wildman–Crippen MR) is 82.4 cm³/mol. The number of thiophene rings is 1. The third-order valence-electron chi connectivity index (χ3n) is 3.52. The summed E-state index contributed by atoms with van der Waals surface area (Å²) in [5.41, 5.74) is 9.01. The summed E-state index contributed by atoms with van der Waals surface area (Å²) in [4.78, 5) is 1.21. The quantitative estimate of drug-likeness (QED) is 0.910. The molecular weight excluding hydrogens is 322 g/mol.